The van der Waals surface area contributed by atoms with Crippen LogP contribution in [0.15, 0.2) is 18.2 Å². The molecule has 86 valence electrons. The number of rotatable bonds is 4. The molecule has 5 heteroatoms. The third-order valence-corrected chi connectivity index (χ3v) is 2.08. The highest BCUT2D eigenvalue weighted by Crippen LogP contribution is 2.19. The van der Waals surface area contributed by atoms with Gasteiger partial charge in [0.1, 0.15) is 11.6 Å². The van der Waals surface area contributed by atoms with Crippen molar-refractivity contribution in [3.05, 3.63) is 35.4 Å². The molecule has 15 heavy (non-hydrogen) atoms. The molecule has 0 amide bonds. The Bertz CT molecular complexity index is 307. The number of hydrogen-bond acceptors (Lipinski definition) is 2. The normalized spacial score (nSPS) is 12.0. The first-order chi connectivity index (χ1) is 6.65. The summed E-state index contributed by atoms with van der Waals surface area (Å²) in [4.78, 5) is 0. The Morgan fingerprint density at radius 2 is 1.93 bits per heavy atom. The SMILES string of the molecule is Cl.NCCC[C@H](N)c1cc(F)ccc1F. The van der Waals surface area contributed by atoms with Gasteiger partial charge in [-0.1, -0.05) is 0 Å². The molecule has 0 saturated carbocycles. The minimum atomic E-state index is -0.478. The van der Waals surface area contributed by atoms with Crippen LogP contribution >= 0.6 is 12.4 Å². The Morgan fingerprint density at radius 1 is 1.27 bits per heavy atom. The Morgan fingerprint density at radius 3 is 2.53 bits per heavy atom. The second-order valence-electron chi connectivity index (χ2n) is 3.20. The van der Waals surface area contributed by atoms with E-state index in [1.807, 2.05) is 0 Å². The van der Waals surface area contributed by atoms with Crippen LogP contribution in [0.1, 0.15) is 24.4 Å². The third-order valence-electron chi connectivity index (χ3n) is 2.08. The summed E-state index contributed by atoms with van der Waals surface area (Å²) in [5, 5.41) is 0. The zero-order valence-electron chi connectivity index (χ0n) is 8.25. The monoisotopic (exact) mass is 236 g/mol. The number of halogens is 3. The van der Waals surface area contributed by atoms with E-state index in [0.717, 1.165) is 18.2 Å². The molecular weight excluding hydrogens is 222 g/mol. The van der Waals surface area contributed by atoms with E-state index in [9.17, 15) is 8.78 Å². The summed E-state index contributed by atoms with van der Waals surface area (Å²) < 4.78 is 26.0. The minimum absolute atomic E-state index is 0. The molecule has 1 aromatic rings. The van der Waals surface area contributed by atoms with E-state index >= 15 is 0 Å². The van der Waals surface area contributed by atoms with Crippen molar-refractivity contribution >= 4 is 12.4 Å². The van der Waals surface area contributed by atoms with Crippen LogP contribution in [-0.4, -0.2) is 6.54 Å². The lowest BCUT2D eigenvalue weighted by atomic mass is 10.0. The van der Waals surface area contributed by atoms with Crippen LogP contribution in [0.4, 0.5) is 8.78 Å². The van der Waals surface area contributed by atoms with Gasteiger partial charge in [0.05, 0.1) is 0 Å². The summed E-state index contributed by atoms with van der Waals surface area (Å²) in [6.45, 7) is 0.505. The van der Waals surface area contributed by atoms with Crippen molar-refractivity contribution in [1.82, 2.24) is 0 Å². The maximum absolute atomic E-state index is 13.2. The van der Waals surface area contributed by atoms with Crippen molar-refractivity contribution in [2.24, 2.45) is 11.5 Å². The maximum atomic E-state index is 13.2. The lowest BCUT2D eigenvalue weighted by molar-refractivity contribution is 0.540. The van der Waals surface area contributed by atoms with Gasteiger partial charge in [-0.15, -0.1) is 12.4 Å². The average molecular weight is 237 g/mol. The van der Waals surface area contributed by atoms with Crippen LogP contribution in [0.3, 0.4) is 0 Å². The van der Waals surface area contributed by atoms with E-state index < -0.39 is 17.7 Å². The van der Waals surface area contributed by atoms with E-state index in [2.05, 4.69) is 0 Å². The van der Waals surface area contributed by atoms with Crippen molar-refractivity contribution in [2.75, 3.05) is 6.54 Å². The van der Waals surface area contributed by atoms with Gasteiger partial charge < -0.3 is 11.5 Å². The standard InChI is InChI=1S/C10H14F2N2.ClH/c11-7-3-4-9(12)8(6-7)10(14)2-1-5-13;/h3-4,6,10H,1-2,5,13-14H2;1H/t10-;/m0./s1. The molecule has 0 unspecified atom stereocenters. The molecule has 1 atom stereocenters. The quantitative estimate of drug-likeness (QED) is 0.842. The fourth-order valence-electron chi connectivity index (χ4n) is 1.29. The van der Waals surface area contributed by atoms with Gasteiger partial charge in [-0.05, 0) is 37.6 Å². The van der Waals surface area contributed by atoms with Gasteiger partial charge in [0, 0.05) is 11.6 Å². The highest BCUT2D eigenvalue weighted by Gasteiger charge is 2.11. The lowest BCUT2D eigenvalue weighted by Gasteiger charge is -2.12. The predicted octanol–water partition coefficient (Wildman–Crippen LogP) is 2.13. The zero-order chi connectivity index (χ0) is 10.6. The molecule has 0 aliphatic heterocycles. The highest BCUT2D eigenvalue weighted by molar-refractivity contribution is 5.85. The second kappa shape index (κ2) is 6.71. The van der Waals surface area contributed by atoms with Crippen LogP contribution in [0.5, 0.6) is 0 Å². The summed E-state index contributed by atoms with van der Waals surface area (Å²) in [5.74, 6) is -0.930. The highest BCUT2D eigenvalue weighted by atomic mass is 35.5. The topological polar surface area (TPSA) is 52.0 Å². The molecule has 2 nitrogen and oxygen atoms in total. The summed E-state index contributed by atoms with van der Waals surface area (Å²) in [7, 11) is 0. The van der Waals surface area contributed by atoms with E-state index in [0.29, 0.717) is 19.4 Å². The van der Waals surface area contributed by atoms with E-state index in [1.165, 1.54) is 0 Å². The van der Waals surface area contributed by atoms with Gasteiger partial charge in [-0.2, -0.15) is 0 Å². The first-order valence-electron chi connectivity index (χ1n) is 4.55. The van der Waals surface area contributed by atoms with Gasteiger partial charge in [0.25, 0.3) is 0 Å². The zero-order valence-corrected chi connectivity index (χ0v) is 9.07. The van der Waals surface area contributed by atoms with Crippen molar-refractivity contribution in [3.63, 3.8) is 0 Å². The fraction of sp³-hybridized carbons (Fsp3) is 0.400. The molecule has 0 radical (unpaired) electrons. The van der Waals surface area contributed by atoms with Crippen molar-refractivity contribution in [3.8, 4) is 0 Å². The molecule has 1 aromatic carbocycles. The lowest BCUT2D eigenvalue weighted by Crippen LogP contribution is -2.14. The molecule has 1 rings (SSSR count). The first-order valence-corrected chi connectivity index (χ1v) is 4.55. The summed E-state index contributed by atoms with van der Waals surface area (Å²) in [6, 6.07) is 2.83. The van der Waals surface area contributed by atoms with Crippen LogP contribution in [0.25, 0.3) is 0 Å². The minimum Gasteiger partial charge on any atom is -0.330 e. The second-order valence-corrected chi connectivity index (χ2v) is 3.20. The van der Waals surface area contributed by atoms with Crippen LogP contribution in [-0.2, 0) is 0 Å². The number of benzene rings is 1. The molecule has 4 N–H and O–H groups in total. The molecule has 0 aliphatic rings. The van der Waals surface area contributed by atoms with Gasteiger partial charge in [0.15, 0.2) is 0 Å². The molecule has 0 heterocycles. The van der Waals surface area contributed by atoms with E-state index in [4.69, 9.17) is 11.5 Å². The van der Waals surface area contributed by atoms with Gasteiger partial charge >= 0.3 is 0 Å². The summed E-state index contributed by atoms with van der Waals surface area (Å²) in [5.41, 5.74) is 11.2. The van der Waals surface area contributed by atoms with Gasteiger partial charge in [0.2, 0.25) is 0 Å². The average Bonchev–Trinajstić information content (AvgIpc) is 2.18. The molecule has 0 saturated heterocycles. The largest absolute Gasteiger partial charge is 0.330 e. The van der Waals surface area contributed by atoms with Crippen molar-refractivity contribution < 1.29 is 8.78 Å². The Kier molecular flexibility index (Phi) is 6.40. The van der Waals surface area contributed by atoms with Crippen LogP contribution < -0.4 is 11.5 Å². The summed E-state index contributed by atoms with van der Waals surface area (Å²) >= 11 is 0. The molecule has 0 aromatic heterocycles. The first kappa shape index (κ1) is 14.3. The summed E-state index contributed by atoms with van der Waals surface area (Å²) in [6.07, 6.45) is 1.27. The maximum Gasteiger partial charge on any atom is 0.128 e. The van der Waals surface area contributed by atoms with Crippen LogP contribution in [0, 0.1) is 11.6 Å². The Balaban J connectivity index is 0.00000196. The molecule has 0 fully saturated rings. The fourth-order valence-corrected chi connectivity index (χ4v) is 1.29. The predicted molar refractivity (Wildman–Crippen MR) is 58.8 cm³/mol. The van der Waals surface area contributed by atoms with Gasteiger partial charge in [-0.3, -0.25) is 0 Å². The molecule has 0 bridgehead atoms. The molecule has 0 aliphatic carbocycles. The van der Waals surface area contributed by atoms with Crippen molar-refractivity contribution in [2.45, 2.75) is 18.9 Å². The smallest absolute Gasteiger partial charge is 0.128 e. The van der Waals surface area contributed by atoms with Gasteiger partial charge in [-0.25, -0.2) is 8.78 Å². The number of nitrogens with two attached hydrogens (primary N) is 2. The third kappa shape index (κ3) is 4.11. The molecular formula is C10H15ClF2N2. The Labute approximate surface area is 94.1 Å². The number of hydrogen-bond donors (Lipinski definition) is 2. The molecule has 0 spiro atoms. The Hall–Kier alpha value is -0.710. The van der Waals surface area contributed by atoms with Crippen molar-refractivity contribution in [1.29, 1.82) is 0 Å². The van der Waals surface area contributed by atoms with Crippen LogP contribution in [0.2, 0.25) is 0 Å². The van der Waals surface area contributed by atoms with E-state index in [-0.39, 0.29) is 18.0 Å². The van der Waals surface area contributed by atoms with E-state index in [1.54, 1.807) is 0 Å².